The van der Waals surface area contributed by atoms with Gasteiger partial charge in [-0.15, -0.1) is 0 Å². The van der Waals surface area contributed by atoms with Crippen LogP contribution in [0, 0.1) is 0 Å². The van der Waals surface area contributed by atoms with Crippen molar-refractivity contribution in [1.29, 1.82) is 0 Å². The van der Waals surface area contributed by atoms with Gasteiger partial charge in [-0.3, -0.25) is 4.79 Å². The minimum Gasteiger partial charge on any atom is -0.387 e. The molecule has 1 heterocycles. The van der Waals surface area contributed by atoms with Crippen LogP contribution in [-0.2, 0) is 6.18 Å². The summed E-state index contributed by atoms with van der Waals surface area (Å²) < 4.78 is 52.8. The fourth-order valence-electron chi connectivity index (χ4n) is 3.52. The van der Waals surface area contributed by atoms with Crippen LogP contribution in [0.4, 0.5) is 17.6 Å². The molecule has 1 atom stereocenters. The highest BCUT2D eigenvalue weighted by molar-refractivity contribution is 6.33. The minimum atomic E-state index is -4.66. The summed E-state index contributed by atoms with van der Waals surface area (Å²) in [5.41, 5.74) is -2.78. The topological polar surface area (TPSA) is 62.2 Å². The Labute approximate surface area is 180 Å². The summed E-state index contributed by atoms with van der Waals surface area (Å²) in [6.45, 7) is 0. The molecule has 1 aromatic heterocycles. The SMILES string of the molecule is O=C(NC(c1cccc(Cl)n1)[C@]1(O)CC[C@@H](F)CC1)c1cc(C(F)(F)F)ccc1Cl. The lowest BCUT2D eigenvalue weighted by Crippen LogP contribution is -2.49. The van der Waals surface area contributed by atoms with Gasteiger partial charge in [-0.2, -0.15) is 13.2 Å². The van der Waals surface area contributed by atoms with E-state index in [1.807, 2.05) is 0 Å². The third-order valence-electron chi connectivity index (χ3n) is 5.16. The largest absolute Gasteiger partial charge is 0.416 e. The van der Waals surface area contributed by atoms with Crippen molar-refractivity contribution >= 4 is 29.1 Å². The van der Waals surface area contributed by atoms with E-state index in [1.165, 1.54) is 12.1 Å². The molecular formula is C20H18Cl2F4N2O2. The number of benzene rings is 1. The Balaban J connectivity index is 1.97. The quantitative estimate of drug-likeness (QED) is 0.462. The molecule has 162 valence electrons. The average molecular weight is 465 g/mol. The molecule has 2 aromatic rings. The molecule has 1 amide bonds. The summed E-state index contributed by atoms with van der Waals surface area (Å²) in [5, 5.41) is 13.6. The summed E-state index contributed by atoms with van der Waals surface area (Å²) in [6.07, 6.45) is -5.52. The highest BCUT2D eigenvalue weighted by Crippen LogP contribution is 2.40. The van der Waals surface area contributed by atoms with E-state index in [0.717, 1.165) is 12.1 Å². The summed E-state index contributed by atoms with van der Waals surface area (Å²) in [6, 6.07) is 5.84. The Bertz CT molecular complexity index is 931. The summed E-state index contributed by atoms with van der Waals surface area (Å²) in [7, 11) is 0. The van der Waals surface area contributed by atoms with E-state index in [1.54, 1.807) is 6.07 Å². The van der Waals surface area contributed by atoms with Crippen LogP contribution in [0.25, 0.3) is 0 Å². The lowest BCUT2D eigenvalue weighted by Gasteiger charge is -2.40. The maximum atomic E-state index is 13.6. The highest BCUT2D eigenvalue weighted by atomic mass is 35.5. The van der Waals surface area contributed by atoms with Crippen molar-refractivity contribution in [2.24, 2.45) is 0 Å². The Morgan fingerprint density at radius 3 is 2.47 bits per heavy atom. The Hall–Kier alpha value is -1.90. The first kappa shape index (κ1) is 22.8. The monoisotopic (exact) mass is 464 g/mol. The van der Waals surface area contributed by atoms with Crippen LogP contribution in [0.15, 0.2) is 36.4 Å². The Kier molecular flexibility index (Phi) is 6.60. The lowest BCUT2D eigenvalue weighted by atomic mass is 9.77. The normalized spacial score (nSPS) is 23.1. The maximum Gasteiger partial charge on any atom is 0.416 e. The van der Waals surface area contributed by atoms with Gasteiger partial charge in [0.1, 0.15) is 17.4 Å². The smallest absolute Gasteiger partial charge is 0.387 e. The number of hydrogen-bond acceptors (Lipinski definition) is 3. The van der Waals surface area contributed by atoms with E-state index in [0.29, 0.717) is 6.07 Å². The minimum absolute atomic E-state index is 0.0314. The van der Waals surface area contributed by atoms with Crippen molar-refractivity contribution in [3.8, 4) is 0 Å². The Morgan fingerprint density at radius 2 is 1.87 bits per heavy atom. The van der Waals surface area contributed by atoms with Crippen LogP contribution in [-0.4, -0.2) is 27.8 Å². The van der Waals surface area contributed by atoms with Crippen LogP contribution < -0.4 is 5.32 Å². The number of nitrogens with zero attached hydrogens (tertiary/aromatic N) is 1. The van der Waals surface area contributed by atoms with Gasteiger partial charge >= 0.3 is 6.18 Å². The third kappa shape index (κ3) is 5.04. The number of nitrogens with one attached hydrogen (secondary N) is 1. The first-order valence-electron chi connectivity index (χ1n) is 9.16. The molecule has 0 bridgehead atoms. The summed E-state index contributed by atoms with van der Waals surface area (Å²) in [5.74, 6) is -0.923. The number of aromatic nitrogens is 1. The number of pyridine rings is 1. The molecular weight excluding hydrogens is 447 g/mol. The lowest BCUT2D eigenvalue weighted by molar-refractivity contribution is -0.137. The molecule has 0 spiro atoms. The zero-order valence-corrected chi connectivity index (χ0v) is 17.0. The summed E-state index contributed by atoms with van der Waals surface area (Å²) in [4.78, 5) is 17.0. The molecule has 4 nitrogen and oxygen atoms in total. The number of alkyl halides is 4. The van der Waals surface area contributed by atoms with E-state index in [9.17, 15) is 27.5 Å². The van der Waals surface area contributed by atoms with Gasteiger partial charge in [-0.1, -0.05) is 29.3 Å². The third-order valence-corrected chi connectivity index (χ3v) is 5.70. The van der Waals surface area contributed by atoms with Crippen LogP contribution >= 0.6 is 23.2 Å². The van der Waals surface area contributed by atoms with E-state index in [4.69, 9.17) is 23.2 Å². The van der Waals surface area contributed by atoms with Crippen LogP contribution in [0.5, 0.6) is 0 Å². The molecule has 1 aromatic carbocycles. The molecule has 1 aliphatic rings. The van der Waals surface area contributed by atoms with Crippen LogP contribution in [0.2, 0.25) is 10.2 Å². The van der Waals surface area contributed by atoms with Crippen LogP contribution in [0.1, 0.15) is 53.3 Å². The van der Waals surface area contributed by atoms with E-state index in [2.05, 4.69) is 10.3 Å². The van der Waals surface area contributed by atoms with E-state index >= 15 is 0 Å². The average Bonchev–Trinajstić information content (AvgIpc) is 2.67. The first-order valence-corrected chi connectivity index (χ1v) is 9.92. The van der Waals surface area contributed by atoms with E-state index < -0.39 is 41.0 Å². The molecule has 0 saturated heterocycles. The van der Waals surface area contributed by atoms with Gasteiger partial charge in [0.2, 0.25) is 0 Å². The van der Waals surface area contributed by atoms with E-state index in [-0.39, 0.29) is 41.6 Å². The number of halogens is 6. The second kappa shape index (κ2) is 8.69. The van der Waals surface area contributed by atoms with Crippen molar-refractivity contribution < 1.29 is 27.5 Å². The number of aliphatic hydroxyl groups is 1. The van der Waals surface area contributed by atoms with Gasteiger partial charge in [-0.05, 0) is 56.0 Å². The molecule has 30 heavy (non-hydrogen) atoms. The van der Waals surface area contributed by atoms with Gasteiger partial charge in [-0.25, -0.2) is 9.37 Å². The van der Waals surface area contributed by atoms with Gasteiger partial charge in [0.15, 0.2) is 0 Å². The number of carbonyl (C=O) groups excluding carboxylic acids is 1. The second-order valence-corrected chi connectivity index (χ2v) is 8.06. The molecule has 1 saturated carbocycles. The molecule has 2 N–H and O–H groups in total. The molecule has 1 aliphatic carbocycles. The molecule has 1 fully saturated rings. The van der Waals surface area contributed by atoms with Crippen molar-refractivity contribution in [2.45, 2.75) is 49.7 Å². The first-order chi connectivity index (χ1) is 14.0. The fourth-order valence-corrected chi connectivity index (χ4v) is 3.90. The number of hydrogen-bond donors (Lipinski definition) is 2. The van der Waals surface area contributed by atoms with Gasteiger partial charge in [0, 0.05) is 0 Å². The number of amides is 1. The fraction of sp³-hybridized carbons (Fsp3) is 0.400. The zero-order chi connectivity index (χ0) is 22.1. The molecule has 0 aliphatic heterocycles. The van der Waals surface area contributed by atoms with Gasteiger partial charge in [0.25, 0.3) is 5.91 Å². The van der Waals surface area contributed by atoms with Crippen molar-refractivity contribution in [3.05, 3.63) is 63.4 Å². The molecule has 3 rings (SSSR count). The zero-order valence-electron chi connectivity index (χ0n) is 15.5. The molecule has 0 radical (unpaired) electrons. The van der Waals surface area contributed by atoms with Crippen molar-refractivity contribution in [3.63, 3.8) is 0 Å². The molecule has 1 unspecified atom stereocenters. The summed E-state index contributed by atoms with van der Waals surface area (Å²) >= 11 is 11.9. The second-order valence-electron chi connectivity index (χ2n) is 7.26. The maximum absolute atomic E-state index is 13.6. The van der Waals surface area contributed by atoms with Gasteiger partial charge < -0.3 is 10.4 Å². The predicted molar refractivity (Wildman–Crippen MR) is 104 cm³/mol. The van der Waals surface area contributed by atoms with Gasteiger partial charge in [0.05, 0.1) is 27.4 Å². The predicted octanol–water partition coefficient (Wildman–Crippen LogP) is 5.52. The molecule has 10 heteroatoms. The highest BCUT2D eigenvalue weighted by Gasteiger charge is 2.43. The number of carbonyl (C=O) groups is 1. The number of rotatable bonds is 4. The standard InChI is InChI=1S/C20H18Cl2F4N2O2/c21-14-5-4-11(20(24,25)26)10-13(14)18(29)28-17(15-2-1-3-16(22)27-15)19(30)8-6-12(23)7-9-19/h1-5,10,12,17,30H,6-9H2,(H,28,29)/t12-,17?,19+. The Morgan fingerprint density at radius 1 is 1.20 bits per heavy atom. The van der Waals surface area contributed by atoms with Crippen molar-refractivity contribution in [1.82, 2.24) is 10.3 Å². The van der Waals surface area contributed by atoms with Crippen molar-refractivity contribution in [2.75, 3.05) is 0 Å². The van der Waals surface area contributed by atoms with Crippen LogP contribution in [0.3, 0.4) is 0 Å².